The van der Waals surface area contributed by atoms with Crippen molar-refractivity contribution >= 4 is 17.3 Å². The molecule has 1 aliphatic rings. The molecule has 2 rings (SSSR count). The number of halogens is 1. The van der Waals surface area contributed by atoms with Gasteiger partial charge in [0, 0.05) is 29.8 Å². The van der Waals surface area contributed by atoms with Crippen LogP contribution in [0.25, 0.3) is 0 Å². The van der Waals surface area contributed by atoms with E-state index in [1.54, 1.807) is 0 Å². The van der Waals surface area contributed by atoms with Crippen molar-refractivity contribution in [1.29, 1.82) is 0 Å². The van der Waals surface area contributed by atoms with Crippen LogP contribution in [0.15, 0.2) is 18.2 Å². The molecule has 0 bridgehead atoms. The normalized spacial score (nSPS) is 19.1. The molecule has 0 radical (unpaired) electrons. The molecule has 1 unspecified atom stereocenters. The van der Waals surface area contributed by atoms with Crippen molar-refractivity contribution < 1.29 is 0 Å². The fourth-order valence-electron chi connectivity index (χ4n) is 3.05. The topological polar surface area (TPSA) is 15.3 Å². The Morgan fingerprint density at radius 2 is 2.20 bits per heavy atom. The summed E-state index contributed by atoms with van der Waals surface area (Å²) < 4.78 is 0. The minimum Gasteiger partial charge on any atom is -0.368 e. The van der Waals surface area contributed by atoms with Crippen LogP contribution in [0.1, 0.15) is 45.6 Å². The number of benzene rings is 1. The molecule has 20 heavy (non-hydrogen) atoms. The maximum Gasteiger partial charge on any atom is 0.0415 e. The maximum atomic E-state index is 6.19. The van der Waals surface area contributed by atoms with E-state index in [2.05, 4.69) is 43.1 Å². The summed E-state index contributed by atoms with van der Waals surface area (Å²) in [5, 5.41) is 4.38. The molecule has 1 heterocycles. The molecule has 2 nitrogen and oxygen atoms in total. The van der Waals surface area contributed by atoms with E-state index in [1.165, 1.54) is 37.1 Å². The summed E-state index contributed by atoms with van der Waals surface area (Å²) in [6, 6.07) is 7.03. The molecule has 1 aromatic carbocycles. The van der Waals surface area contributed by atoms with Crippen molar-refractivity contribution in [2.45, 2.75) is 52.6 Å². The van der Waals surface area contributed by atoms with E-state index in [0.29, 0.717) is 12.0 Å². The Balaban J connectivity index is 2.14. The minimum absolute atomic E-state index is 0.674. The average molecular weight is 295 g/mol. The van der Waals surface area contributed by atoms with E-state index in [0.717, 1.165) is 18.1 Å². The highest BCUT2D eigenvalue weighted by molar-refractivity contribution is 6.30. The molecule has 1 fully saturated rings. The van der Waals surface area contributed by atoms with Crippen molar-refractivity contribution in [2.24, 2.45) is 5.92 Å². The number of nitrogens with zero attached hydrogens (tertiary/aromatic N) is 1. The molecule has 1 aromatic rings. The van der Waals surface area contributed by atoms with Gasteiger partial charge in [0.25, 0.3) is 0 Å². The van der Waals surface area contributed by atoms with Gasteiger partial charge in [-0.25, -0.2) is 0 Å². The SMILES string of the molecule is CCC1CCCN1c1ccc(Cl)cc1CNCC(C)C. The molecule has 1 N–H and O–H groups in total. The molecule has 112 valence electrons. The Bertz CT molecular complexity index is 431. The zero-order chi connectivity index (χ0) is 14.5. The summed E-state index contributed by atoms with van der Waals surface area (Å²) in [4.78, 5) is 2.57. The molecule has 1 atom stereocenters. The van der Waals surface area contributed by atoms with E-state index in [4.69, 9.17) is 11.6 Å². The monoisotopic (exact) mass is 294 g/mol. The van der Waals surface area contributed by atoms with Gasteiger partial charge in [-0.2, -0.15) is 0 Å². The lowest BCUT2D eigenvalue weighted by molar-refractivity contribution is 0.551. The van der Waals surface area contributed by atoms with Gasteiger partial charge in [0.15, 0.2) is 0 Å². The van der Waals surface area contributed by atoms with Crippen LogP contribution in [0.4, 0.5) is 5.69 Å². The van der Waals surface area contributed by atoms with Crippen LogP contribution >= 0.6 is 11.6 Å². The third kappa shape index (κ3) is 3.89. The smallest absolute Gasteiger partial charge is 0.0415 e. The van der Waals surface area contributed by atoms with E-state index in [9.17, 15) is 0 Å². The Kier molecular flexibility index (Phi) is 5.74. The number of hydrogen-bond acceptors (Lipinski definition) is 2. The van der Waals surface area contributed by atoms with E-state index >= 15 is 0 Å². The van der Waals surface area contributed by atoms with Crippen LogP contribution in [0, 0.1) is 5.92 Å². The number of anilines is 1. The van der Waals surface area contributed by atoms with E-state index in [1.807, 2.05) is 6.07 Å². The molecule has 0 aromatic heterocycles. The molecule has 0 spiro atoms. The maximum absolute atomic E-state index is 6.19. The first kappa shape index (κ1) is 15.7. The quantitative estimate of drug-likeness (QED) is 0.833. The summed E-state index contributed by atoms with van der Waals surface area (Å²) in [6.45, 7) is 9.88. The zero-order valence-corrected chi connectivity index (χ0v) is 13.7. The second-order valence-electron chi connectivity index (χ2n) is 6.20. The number of nitrogens with one attached hydrogen (secondary N) is 1. The van der Waals surface area contributed by atoms with Gasteiger partial charge in [-0.3, -0.25) is 0 Å². The number of hydrogen-bond donors (Lipinski definition) is 1. The Morgan fingerprint density at radius 1 is 1.40 bits per heavy atom. The molecule has 3 heteroatoms. The Hall–Kier alpha value is -0.730. The molecular formula is C17H27ClN2. The third-order valence-electron chi connectivity index (χ3n) is 4.07. The van der Waals surface area contributed by atoms with Gasteiger partial charge in [-0.15, -0.1) is 0 Å². The molecule has 1 aliphatic heterocycles. The van der Waals surface area contributed by atoms with Gasteiger partial charge in [0.05, 0.1) is 0 Å². The highest BCUT2D eigenvalue weighted by Gasteiger charge is 2.24. The van der Waals surface area contributed by atoms with Gasteiger partial charge in [0.2, 0.25) is 0 Å². The van der Waals surface area contributed by atoms with Gasteiger partial charge < -0.3 is 10.2 Å². The first-order valence-electron chi connectivity index (χ1n) is 7.87. The highest BCUT2D eigenvalue weighted by Crippen LogP contribution is 2.31. The van der Waals surface area contributed by atoms with Crippen LogP contribution in [0.3, 0.4) is 0 Å². The van der Waals surface area contributed by atoms with Crippen molar-refractivity contribution in [1.82, 2.24) is 5.32 Å². The van der Waals surface area contributed by atoms with Gasteiger partial charge in [-0.1, -0.05) is 32.4 Å². The first-order valence-corrected chi connectivity index (χ1v) is 8.25. The minimum atomic E-state index is 0.674. The summed E-state index contributed by atoms with van der Waals surface area (Å²) in [5.41, 5.74) is 2.70. The Labute approximate surface area is 128 Å². The Morgan fingerprint density at radius 3 is 2.90 bits per heavy atom. The summed E-state index contributed by atoms with van der Waals surface area (Å²) >= 11 is 6.19. The lowest BCUT2D eigenvalue weighted by atomic mass is 10.1. The van der Waals surface area contributed by atoms with Crippen molar-refractivity contribution in [3.63, 3.8) is 0 Å². The summed E-state index contributed by atoms with van der Waals surface area (Å²) in [5.74, 6) is 0.674. The molecule has 0 amide bonds. The zero-order valence-electron chi connectivity index (χ0n) is 13.0. The highest BCUT2D eigenvalue weighted by atomic mass is 35.5. The van der Waals surface area contributed by atoms with Crippen molar-refractivity contribution in [3.8, 4) is 0 Å². The molecule has 0 aliphatic carbocycles. The fraction of sp³-hybridized carbons (Fsp3) is 0.647. The van der Waals surface area contributed by atoms with Crippen LogP contribution in [-0.2, 0) is 6.54 Å². The van der Waals surface area contributed by atoms with Crippen LogP contribution < -0.4 is 10.2 Å². The van der Waals surface area contributed by atoms with Gasteiger partial charge >= 0.3 is 0 Å². The van der Waals surface area contributed by atoms with Crippen LogP contribution in [0.5, 0.6) is 0 Å². The largest absolute Gasteiger partial charge is 0.368 e. The summed E-state index contributed by atoms with van der Waals surface area (Å²) in [6.07, 6.45) is 3.85. The van der Waals surface area contributed by atoms with Crippen molar-refractivity contribution in [2.75, 3.05) is 18.0 Å². The lowest BCUT2D eigenvalue weighted by Gasteiger charge is -2.28. The third-order valence-corrected chi connectivity index (χ3v) is 4.30. The fourth-order valence-corrected chi connectivity index (χ4v) is 3.24. The van der Waals surface area contributed by atoms with Crippen LogP contribution in [0.2, 0.25) is 5.02 Å². The van der Waals surface area contributed by atoms with Gasteiger partial charge in [-0.05, 0) is 55.5 Å². The van der Waals surface area contributed by atoms with E-state index < -0.39 is 0 Å². The van der Waals surface area contributed by atoms with Crippen molar-refractivity contribution in [3.05, 3.63) is 28.8 Å². The standard InChI is InChI=1S/C17H27ClN2/c1-4-16-6-5-9-20(16)17-8-7-15(18)10-14(17)12-19-11-13(2)3/h7-8,10,13,16,19H,4-6,9,11-12H2,1-3H3. The number of rotatable bonds is 6. The summed E-state index contributed by atoms with van der Waals surface area (Å²) in [7, 11) is 0. The second-order valence-corrected chi connectivity index (χ2v) is 6.63. The lowest BCUT2D eigenvalue weighted by Crippen LogP contribution is -2.30. The van der Waals surface area contributed by atoms with Gasteiger partial charge in [0.1, 0.15) is 0 Å². The molecule has 1 saturated heterocycles. The molecule has 0 saturated carbocycles. The van der Waals surface area contributed by atoms with Crippen LogP contribution in [-0.4, -0.2) is 19.1 Å². The molecular weight excluding hydrogens is 268 g/mol. The average Bonchev–Trinajstić information content (AvgIpc) is 2.86. The van der Waals surface area contributed by atoms with E-state index in [-0.39, 0.29) is 0 Å². The first-order chi connectivity index (χ1) is 9.61. The predicted molar refractivity (Wildman–Crippen MR) is 88.7 cm³/mol. The second kappa shape index (κ2) is 7.33. The predicted octanol–water partition coefficient (Wildman–Crippen LogP) is 4.46.